The Balaban J connectivity index is 0.934. The van der Waals surface area contributed by atoms with Crippen LogP contribution in [-0.4, -0.2) is 19.9 Å². The summed E-state index contributed by atoms with van der Waals surface area (Å²) >= 11 is 0. The average molecular weight is 778 g/mol. The van der Waals surface area contributed by atoms with E-state index in [1.807, 2.05) is 12.4 Å². The van der Waals surface area contributed by atoms with Crippen molar-refractivity contribution < 1.29 is 0 Å². The van der Waals surface area contributed by atoms with Gasteiger partial charge >= 0.3 is 0 Å². The molecule has 0 saturated carbocycles. The second-order valence-electron chi connectivity index (χ2n) is 15.5. The van der Waals surface area contributed by atoms with Crippen LogP contribution in [0.1, 0.15) is 0 Å². The van der Waals surface area contributed by atoms with Crippen LogP contribution in [0, 0.1) is 0 Å². The van der Waals surface area contributed by atoms with E-state index >= 15 is 0 Å². The van der Waals surface area contributed by atoms with Crippen molar-refractivity contribution in [2.45, 2.75) is 0 Å². The first-order valence-corrected chi connectivity index (χ1v) is 20.5. The Labute approximate surface area is 351 Å². The molecule has 0 radical (unpaired) electrons. The summed E-state index contributed by atoms with van der Waals surface area (Å²) in [7, 11) is 0. The molecule has 5 nitrogen and oxygen atoms in total. The van der Waals surface area contributed by atoms with Crippen LogP contribution in [0.2, 0.25) is 0 Å². The minimum Gasteiger partial charge on any atom is -0.310 e. The summed E-state index contributed by atoms with van der Waals surface area (Å²) in [6.07, 6.45) is 3.90. The Bertz CT molecular complexity index is 3480. The number of aromatic nitrogens is 4. The predicted molar refractivity (Wildman–Crippen MR) is 254 cm³/mol. The molecule has 2 aromatic heterocycles. The molecule has 12 aromatic rings. The van der Waals surface area contributed by atoms with Gasteiger partial charge in [0.25, 0.3) is 0 Å². The van der Waals surface area contributed by atoms with Gasteiger partial charge in [-0.05, 0) is 133 Å². The van der Waals surface area contributed by atoms with Crippen molar-refractivity contribution in [1.29, 1.82) is 0 Å². The van der Waals surface area contributed by atoms with Gasteiger partial charge in [0.1, 0.15) is 0 Å². The van der Waals surface area contributed by atoms with Crippen molar-refractivity contribution in [2.75, 3.05) is 4.90 Å². The summed E-state index contributed by atoms with van der Waals surface area (Å²) in [4.78, 5) is 22.0. The Morgan fingerprint density at radius 3 is 1.30 bits per heavy atom. The van der Waals surface area contributed by atoms with E-state index in [1.165, 1.54) is 43.4 Å². The standard InChI is InChI=1S/C56H35N5/c1-2-8-36(9-3-1)41-20-28-49-42(32-41)14-15-43-33-46(27-29-50(43)49)61(44-23-16-39(17-24-44)55-57-34-51-47-12-6-4-10-37(47)21-30-53(51)59-55)45-25-18-40(19-26-45)56-58-35-52-48-13-7-5-11-38(48)22-31-54(52)60-56/h1-35H. The zero-order chi connectivity index (χ0) is 40.3. The molecule has 284 valence electrons. The first kappa shape index (κ1) is 34.7. The summed E-state index contributed by atoms with van der Waals surface area (Å²) in [6, 6.07) is 70.8. The van der Waals surface area contributed by atoms with Crippen molar-refractivity contribution in [2.24, 2.45) is 0 Å². The van der Waals surface area contributed by atoms with E-state index in [9.17, 15) is 0 Å². The molecule has 2 heterocycles. The number of fused-ring (bicyclic) bond motifs is 9. The highest BCUT2D eigenvalue weighted by Gasteiger charge is 2.16. The Kier molecular flexibility index (Phi) is 8.10. The Morgan fingerprint density at radius 2 is 0.721 bits per heavy atom. The Hall–Kier alpha value is -8.28. The summed E-state index contributed by atoms with van der Waals surface area (Å²) < 4.78 is 0. The van der Waals surface area contributed by atoms with Gasteiger partial charge in [-0.3, -0.25) is 0 Å². The molecule has 10 aromatic carbocycles. The lowest BCUT2D eigenvalue weighted by Crippen LogP contribution is -2.10. The lowest BCUT2D eigenvalue weighted by molar-refractivity contribution is 1.22. The first-order chi connectivity index (χ1) is 30.2. The van der Waals surface area contributed by atoms with Crippen molar-refractivity contribution in [3.63, 3.8) is 0 Å². The zero-order valence-electron chi connectivity index (χ0n) is 32.9. The van der Waals surface area contributed by atoms with E-state index in [0.29, 0.717) is 11.6 Å². The maximum Gasteiger partial charge on any atom is 0.159 e. The van der Waals surface area contributed by atoms with Crippen LogP contribution < -0.4 is 4.90 Å². The average Bonchev–Trinajstić information content (AvgIpc) is 3.34. The second kappa shape index (κ2) is 14.2. The maximum atomic E-state index is 5.00. The monoisotopic (exact) mass is 777 g/mol. The first-order valence-electron chi connectivity index (χ1n) is 20.5. The van der Waals surface area contributed by atoms with Crippen molar-refractivity contribution in [3.8, 4) is 33.9 Å². The highest BCUT2D eigenvalue weighted by atomic mass is 15.1. The van der Waals surface area contributed by atoms with E-state index in [0.717, 1.165) is 60.8 Å². The highest BCUT2D eigenvalue weighted by molar-refractivity contribution is 6.10. The van der Waals surface area contributed by atoms with E-state index in [2.05, 4.69) is 205 Å². The lowest BCUT2D eigenvalue weighted by Gasteiger charge is -2.26. The van der Waals surface area contributed by atoms with Gasteiger partial charge in [0.05, 0.1) is 11.0 Å². The van der Waals surface area contributed by atoms with E-state index in [1.54, 1.807) is 0 Å². The number of anilines is 3. The quantitative estimate of drug-likeness (QED) is 0.157. The third-order valence-electron chi connectivity index (χ3n) is 11.9. The summed E-state index contributed by atoms with van der Waals surface area (Å²) in [5.41, 5.74) is 9.29. The predicted octanol–water partition coefficient (Wildman–Crippen LogP) is 14.7. The van der Waals surface area contributed by atoms with Crippen LogP contribution in [0.5, 0.6) is 0 Å². The minimum atomic E-state index is 0.696. The SMILES string of the molecule is c1ccc(-c2ccc3c(ccc4cc(N(c5ccc(-c6ncc7c(ccc8ccccc87)n6)cc5)c5ccc(-c6ncc7c(ccc8ccccc87)n6)cc5)ccc43)c2)cc1. The van der Waals surface area contributed by atoms with Crippen molar-refractivity contribution in [3.05, 3.63) is 213 Å². The van der Waals surface area contributed by atoms with Gasteiger partial charge < -0.3 is 4.90 Å². The molecular formula is C56H35N5. The molecule has 0 aliphatic rings. The van der Waals surface area contributed by atoms with Crippen LogP contribution in [0.15, 0.2) is 213 Å². The fourth-order valence-corrected chi connectivity index (χ4v) is 8.82. The fraction of sp³-hybridized carbons (Fsp3) is 0. The van der Waals surface area contributed by atoms with Crippen molar-refractivity contribution >= 4 is 82.0 Å². The van der Waals surface area contributed by atoms with E-state index < -0.39 is 0 Å². The molecule has 61 heavy (non-hydrogen) atoms. The smallest absolute Gasteiger partial charge is 0.159 e. The van der Waals surface area contributed by atoms with E-state index in [4.69, 9.17) is 19.9 Å². The van der Waals surface area contributed by atoms with Gasteiger partial charge in [0.15, 0.2) is 11.6 Å². The number of benzene rings is 10. The van der Waals surface area contributed by atoms with Gasteiger partial charge in [-0.1, -0.05) is 121 Å². The summed E-state index contributed by atoms with van der Waals surface area (Å²) in [5.74, 6) is 1.39. The molecule has 0 bridgehead atoms. The third-order valence-corrected chi connectivity index (χ3v) is 11.9. The zero-order valence-corrected chi connectivity index (χ0v) is 32.9. The largest absolute Gasteiger partial charge is 0.310 e. The van der Waals surface area contributed by atoms with Gasteiger partial charge in [0.2, 0.25) is 0 Å². The van der Waals surface area contributed by atoms with Gasteiger partial charge in [-0.2, -0.15) is 0 Å². The van der Waals surface area contributed by atoms with Crippen molar-refractivity contribution in [1.82, 2.24) is 19.9 Å². The van der Waals surface area contributed by atoms with E-state index in [-0.39, 0.29) is 0 Å². The highest BCUT2D eigenvalue weighted by Crippen LogP contribution is 2.40. The van der Waals surface area contributed by atoms with Gasteiger partial charge in [0, 0.05) is 51.4 Å². The molecule has 0 aliphatic heterocycles. The second-order valence-corrected chi connectivity index (χ2v) is 15.5. The molecule has 0 fully saturated rings. The van der Waals surface area contributed by atoms with Crippen LogP contribution in [-0.2, 0) is 0 Å². The van der Waals surface area contributed by atoms with Crippen LogP contribution in [0.25, 0.3) is 98.8 Å². The molecule has 0 atom stereocenters. The molecule has 0 N–H and O–H groups in total. The lowest BCUT2D eigenvalue weighted by atomic mass is 9.97. The number of hydrogen-bond acceptors (Lipinski definition) is 5. The number of hydrogen-bond donors (Lipinski definition) is 0. The fourth-order valence-electron chi connectivity index (χ4n) is 8.82. The normalized spacial score (nSPS) is 11.6. The van der Waals surface area contributed by atoms with Gasteiger partial charge in [-0.25, -0.2) is 19.9 Å². The molecule has 12 rings (SSSR count). The van der Waals surface area contributed by atoms with Crippen LogP contribution in [0.4, 0.5) is 17.1 Å². The molecule has 0 saturated heterocycles. The molecule has 0 amide bonds. The third kappa shape index (κ3) is 6.10. The Morgan fingerprint density at radius 1 is 0.279 bits per heavy atom. The molecule has 0 spiro atoms. The minimum absolute atomic E-state index is 0.696. The van der Waals surface area contributed by atoms with Gasteiger partial charge in [-0.15, -0.1) is 0 Å². The molecule has 5 heteroatoms. The molecular weight excluding hydrogens is 743 g/mol. The summed E-state index contributed by atoms with van der Waals surface area (Å²) in [5, 5.41) is 11.6. The molecule has 0 unspecified atom stereocenters. The summed E-state index contributed by atoms with van der Waals surface area (Å²) in [6.45, 7) is 0. The van der Waals surface area contributed by atoms with Crippen LogP contribution in [0.3, 0.4) is 0 Å². The maximum absolute atomic E-state index is 5.00. The topological polar surface area (TPSA) is 54.8 Å². The number of rotatable bonds is 6. The number of nitrogens with zero attached hydrogens (tertiary/aromatic N) is 5. The molecule has 0 aliphatic carbocycles. The van der Waals surface area contributed by atoms with Crippen LogP contribution >= 0.6 is 0 Å².